The fourth-order valence-corrected chi connectivity index (χ4v) is 2.20. The first-order valence-corrected chi connectivity index (χ1v) is 6.56. The van der Waals surface area contributed by atoms with Crippen molar-refractivity contribution in [2.24, 2.45) is 5.41 Å². The number of nitrogens with one attached hydrogen (secondary N) is 2. The summed E-state index contributed by atoms with van der Waals surface area (Å²) in [6, 6.07) is -0.660. The minimum atomic E-state index is -0.660. The summed E-state index contributed by atoms with van der Waals surface area (Å²) >= 11 is 0. The minimum absolute atomic E-state index is 0. The van der Waals surface area contributed by atoms with E-state index >= 15 is 0 Å². The Bertz CT molecular complexity index is 373. The van der Waals surface area contributed by atoms with Crippen LogP contribution in [0.15, 0.2) is 0 Å². The van der Waals surface area contributed by atoms with Crippen LogP contribution in [0.25, 0.3) is 0 Å². The van der Waals surface area contributed by atoms with Crippen LogP contribution in [0.5, 0.6) is 0 Å². The quantitative estimate of drug-likeness (QED) is 0.584. The van der Waals surface area contributed by atoms with Gasteiger partial charge in [0.1, 0.15) is 6.04 Å². The molecule has 1 aliphatic rings. The van der Waals surface area contributed by atoms with Crippen molar-refractivity contribution in [1.29, 1.82) is 0 Å². The first-order valence-electron chi connectivity index (χ1n) is 6.56. The van der Waals surface area contributed by atoms with Gasteiger partial charge in [-0.1, -0.05) is 0 Å². The molecule has 6 heteroatoms. The summed E-state index contributed by atoms with van der Waals surface area (Å²) in [5.74, 6) is 1.90. The normalized spacial score (nSPS) is 22.9. The average molecular weight is 303 g/mol. The van der Waals surface area contributed by atoms with Crippen molar-refractivity contribution in [3.8, 4) is 12.3 Å². The van der Waals surface area contributed by atoms with Crippen LogP contribution in [0, 0.1) is 17.8 Å². The molecular formula is C14H23ClN2O3. The van der Waals surface area contributed by atoms with Gasteiger partial charge in [0.2, 0.25) is 5.91 Å². The van der Waals surface area contributed by atoms with Gasteiger partial charge in [-0.2, -0.15) is 0 Å². The Kier molecular flexibility index (Phi) is 8.28. The molecule has 20 heavy (non-hydrogen) atoms. The second-order valence-corrected chi connectivity index (χ2v) is 5.13. The maximum absolute atomic E-state index is 12.3. The number of carbonyl (C=O) groups excluding carboxylic acids is 2. The van der Waals surface area contributed by atoms with Crippen LogP contribution >= 0.6 is 12.4 Å². The highest BCUT2D eigenvalue weighted by atomic mass is 35.5. The van der Waals surface area contributed by atoms with Crippen LogP contribution < -0.4 is 10.6 Å². The molecule has 0 saturated carbocycles. The van der Waals surface area contributed by atoms with Crippen molar-refractivity contribution in [3.63, 3.8) is 0 Å². The molecular weight excluding hydrogens is 280 g/mol. The maximum atomic E-state index is 12.3. The number of esters is 1. The summed E-state index contributed by atoms with van der Waals surface area (Å²) < 4.78 is 4.69. The molecule has 1 amide bonds. The van der Waals surface area contributed by atoms with Gasteiger partial charge in [-0.05, 0) is 32.7 Å². The van der Waals surface area contributed by atoms with E-state index in [-0.39, 0.29) is 18.3 Å². The van der Waals surface area contributed by atoms with Crippen LogP contribution in [-0.2, 0) is 14.3 Å². The SMILES string of the molecule is C#CCC[C@H](NC(=O)C1(C)CCCNC1)C(=O)OC.Cl. The molecule has 1 saturated heterocycles. The summed E-state index contributed by atoms with van der Waals surface area (Å²) in [6.45, 7) is 3.46. The zero-order chi connectivity index (χ0) is 14.3. The molecule has 0 aromatic carbocycles. The molecule has 0 aromatic rings. The lowest BCUT2D eigenvalue weighted by Gasteiger charge is -2.33. The third-order valence-corrected chi connectivity index (χ3v) is 3.51. The van der Waals surface area contributed by atoms with Crippen LogP contribution in [0.1, 0.15) is 32.6 Å². The monoisotopic (exact) mass is 302 g/mol. The summed E-state index contributed by atoms with van der Waals surface area (Å²) in [4.78, 5) is 23.9. The molecule has 2 N–H and O–H groups in total. The van der Waals surface area contributed by atoms with Gasteiger partial charge in [0.25, 0.3) is 0 Å². The third kappa shape index (κ3) is 5.03. The molecule has 1 heterocycles. The number of rotatable bonds is 5. The Balaban J connectivity index is 0.00000361. The predicted octanol–water partition coefficient (Wildman–Crippen LogP) is 0.869. The van der Waals surface area contributed by atoms with E-state index in [4.69, 9.17) is 11.2 Å². The highest BCUT2D eigenvalue weighted by Gasteiger charge is 2.36. The second kappa shape index (κ2) is 8.83. The van der Waals surface area contributed by atoms with Gasteiger partial charge in [-0.15, -0.1) is 24.8 Å². The Morgan fingerprint density at radius 1 is 1.55 bits per heavy atom. The van der Waals surface area contributed by atoms with E-state index in [2.05, 4.69) is 16.6 Å². The largest absolute Gasteiger partial charge is 0.467 e. The molecule has 1 aliphatic heterocycles. The summed E-state index contributed by atoms with van der Waals surface area (Å²) in [5, 5.41) is 5.97. The molecule has 1 unspecified atom stereocenters. The molecule has 2 atom stereocenters. The Morgan fingerprint density at radius 3 is 2.75 bits per heavy atom. The van der Waals surface area contributed by atoms with Gasteiger partial charge in [-0.3, -0.25) is 4.79 Å². The van der Waals surface area contributed by atoms with Crippen molar-refractivity contribution in [3.05, 3.63) is 0 Å². The van der Waals surface area contributed by atoms with Gasteiger partial charge in [0.05, 0.1) is 12.5 Å². The first kappa shape index (κ1) is 18.8. The van der Waals surface area contributed by atoms with Crippen LogP contribution in [-0.4, -0.2) is 38.1 Å². The molecule has 0 aromatic heterocycles. The van der Waals surface area contributed by atoms with E-state index in [0.29, 0.717) is 19.4 Å². The molecule has 0 bridgehead atoms. The maximum Gasteiger partial charge on any atom is 0.328 e. The van der Waals surface area contributed by atoms with Gasteiger partial charge in [0.15, 0.2) is 0 Å². The number of hydrogen-bond donors (Lipinski definition) is 2. The molecule has 0 radical (unpaired) electrons. The van der Waals surface area contributed by atoms with Gasteiger partial charge < -0.3 is 15.4 Å². The predicted molar refractivity (Wildman–Crippen MR) is 79.5 cm³/mol. The van der Waals surface area contributed by atoms with E-state index in [1.165, 1.54) is 7.11 Å². The van der Waals surface area contributed by atoms with Gasteiger partial charge in [0, 0.05) is 13.0 Å². The number of methoxy groups -OCH3 is 1. The van der Waals surface area contributed by atoms with Crippen molar-refractivity contribution < 1.29 is 14.3 Å². The van der Waals surface area contributed by atoms with Crippen LogP contribution in [0.2, 0.25) is 0 Å². The standard InChI is InChI=1S/C14H22N2O3.ClH/c1-4-5-7-11(12(17)19-3)16-13(18)14(2)8-6-9-15-10-14;/h1,11,15H,5-10H2,2-3H3,(H,16,18);1H/t11-,14?;/m0./s1. The summed E-state index contributed by atoms with van der Waals surface area (Å²) in [7, 11) is 1.31. The Morgan fingerprint density at radius 2 is 2.25 bits per heavy atom. The number of piperidine rings is 1. The number of amides is 1. The van der Waals surface area contributed by atoms with E-state index in [1.807, 2.05) is 6.92 Å². The summed E-state index contributed by atoms with van der Waals surface area (Å²) in [5.41, 5.74) is -0.472. The lowest BCUT2D eigenvalue weighted by atomic mass is 9.81. The van der Waals surface area contributed by atoms with Gasteiger partial charge in [-0.25, -0.2) is 4.79 Å². The van der Waals surface area contributed by atoms with Crippen molar-refractivity contribution in [2.45, 2.75) is 38.6 Å². The van der Waals surface area contributed by atoms with Crippen LogP contribution in [0.3, 0.4) is 0 Å². The van der Waals surface area contributed by atoms with E-state index in [9.17, 15) is 9.59 Å². The fourth-order valence-electron chi connectivity index (χ4n) is 2.20. The van der Waals surface area contributed by atoms with E-state index in [1.54, 1.807) is 0 Å². The Labute approximate surface area is 126 Å². The lowest BCUT2D eigenvalue weighted by Crippen LogP contribution is -2.53. The fraction of sp³-hybridized carbons (Fsp3) is 0.714. The highest BCUT2D eigenvalue weighted by Crippen LogP contribution is 2.25. The van der Waals surface area contributed by atoms with Crippen LogP contribution in [0.4, 0.5) is 0 Å². The van der Waals surface area contributed by atoms with Crippen molar-refractivity contribution >= 4 is 24.3 Å². The zero-order valence-electron chi connectivity index (χ0n) is 12.0. The van der Waals surface area contributed by atoms with Crippen molar-refractivity contribution in [2.75, 3.05) is 20.2 Å². The third-order valence-electron chi connectivity index (χ3n) is 3.51. The average Bonchev–Trinajstić information content (AvgIpc) is 2.43. The number of hydrogen-bond acceptors (Lipinski definition) is 4. The molecule has 1 fully saturated rings. The van der Waals surface area contributed by atoms with Crippen molar-refractivity contribution in [1.82, 2.24) is 10.6 Å². The highest BCUT2D eigenvalue weighted by molar-refractivity contribution is 5.88. The number of terminal acetylenes is 1. The lowest BCUT2D eigenvalue weighted by molar-refractivity contribution is -0.146. The number of halogens is 1. The molecule has 1 rings (SSSR count). The first-order chi connectivity index (χ1) is 9.03. The molecule has 5 nitrogen and oxygen atoms in total. The minimum Gasteiger partial charge on any atom is -0.467 e. The molecule has 114 valence electrons. The topological polar surface area (TPSA) is 67.4 Å². The van der Waals surface area contributed by atoms with E-state index < -0.39 is 17.4 Å². The van der Waals surface area contributed by atoms with E-state index in [0.717, 1.165) is 19.4 Å². The summed E-state index contributed by atoms with van der Waals surface area (Å²) in [6.07, 6.45) is 7.79. The zero-order valence-corrected chi connectivity index (χ0v) is 12.8. The number of carbonyl (C=O) groups is 2. The smallest absolute Gasteiger partial charge is 0.328 e. The second-order valence-electron chi connectivity index (χ2n) is 5.13. The van der Waals surface area contributed by atoms with Gasteiger partial charge >= 0.3 is 5.97 Å². The number of ether oxygens (including phenoxy) is 1. The molecule has 0 spiro atoms. The Hall–Kier alpha value is -1.25. The molecule has 0 aliphatic carbocycles.